The Morgan fingerprint density at radius 1 is 0.800 bits per heavy atom. The molecule has 5 rings (SSSR count). The predicted molar refractivity (Wildman–Crippen MR) is 132 cm³/mol. The fourth-order valence-corrected chi connectivity index (χ4v) is 5.67. The van der Waals surface area contributed by atoms with Crippen molar-refractivity contribution in [3.8, 4) is 28.7 Å². The quantitative estimate of drug-likeness (QED) is 0.317. The number of hydrogen-bond acceptors (Lipinski definition) is 6. The Bertz CT molecular complexity index is 1340. The van der Waals surface area contributed by atoms with E-state index in [1.807, 2.05) is 19.1 Å². The molecule has 1 unspecified atom stereocenters. The van der Waals surface area contributed by atoms with Gasteiger partial charge in [0.25, 0.3) is 0 Å². The third kappa shape index (κ3) is 4.10. The minimum Gasteiger partial charge on any atom is -0.508 e. The lowest BCUT2D eigenvalue weighted by Crippen LogP contribution is -2.15. The number of aliphatic hydroxyl groups excluding tert-OH is 1. The molecular weight excluding hydrogens is 444 g/mol. The molecule has 0 bridgehead atoms. The van der Waals surface area contributed by atoms with Crippen LogP contribution in [0.5, 0.6) is 28.7 Å². The van der Waals surface area contributed by atoms with Gasteiger partial charge in [0, 0.05) is 41.5 Å². The fourth-order valence-electron chi connectivity index (χ4n) is 5.67. The third-order valence-corrected chi connectivity index (χ3v) is 7.26. The van der Waals surface area contributed by atoms with E-state index in [2.05, 4.69) is 0 Å². The molecule has 0 spiro atoms. The van der Waals surface area contributed by atoms with E-state index < -0.39 is 6.10 Å². The Kier molecular flexibility index (Phi) is 5.69. The molecule has 2 aliphatic carbocycles. The number of benzene rings is 3. The van der Waals surface area contributed by atoms with Crippen LogP contribution in [-0.4, -0.2) is 36.7 Å². The summed E-state index contributed by atoms with van der Waals surface area (Å²) in [5.74, 6) is -0.733. The van der Waals surface area contributed by atoms with Crippen molar-refractivity contribution < 1.29 is 30.6 Å². The first-order valence-corrected chi connectivity index (χ1v) is 11.7. The number of aromatic hydroxyl groups is 5. The van der Waals surface area contributed by atoms with E-state index in [-0.39, 0.29) is 46.5 Å². The molecule has 0 saturated carbocycles. The molecule has 2 aliphatic rings. The van der Waals surface area contributed by atoms with Gasteiger partial charge in [-0.15, -0.1) is 0 Å². The summed E-state index contributed by atoms with van der Waals surface area (Å²) in [7, 11) is 0. The van der Waals surface area contributed by atoms with Crippen molar-refractivity contribution in [2.75, 3.05) is 0 Å². The van der Waals surface area contributed by atoms with Crippen LogP contribution in [0.4, 0.5) is 0 Å². The van der Waals surface area contributed by atoms with Gasteiger partial charge in [-0.3, -0.25) is 0 Å². The van der Waals surface area contributed by atoms with Gasteiger partial charge < -0.3 is 30.6 Å². The highest BCUT2D eigenvalue weighted by Gasteiger charge is 2.44. The van der Waals surface area contributed by atoms with Gasteiger partial charge in [-0.25, -0.2) is 0 Å². The normalized spacial score (nSPS) is 23.2. The van der Waals surface area contributed by atoms with E-state index in [9.17, 15) is 30.6 Å². The molecule has 6 nitrogen and oxygen atoms in total. The lowest BCUT2D eigenvalue weighted by molar-refractivity contribution is 0.224. The maximum Gasteiger partial charge on any atom is 0.123 e. The Morgan fingerprint density at radius 2 is 1.46 bits per heavy atom. The molecule has 0 radical (unpaired) electrons. The van der Waals surface area contributed by atoms with Gasteiger partial charge in [-0.1, -0.05) is 37.3 Å². The van der Waals surface area contributed by atoms with Gasteiger partial charge in [0.1, 0.15) is 28.7 Å². The van der Waals surface area contributed by atoms with E-state index in [0.717, 1.165) is 22.3 Å². The molecule has 0 amide bonds. The van der Waals surface area contributed by atoms with Gasteiger partial charge in [0.05, 0.1) is 6.10 Å². The zero-order valence-electron chi connectivity index (χ0n) is 19.3. The molecule has 0 aliphatic heterocycles. The van der Waals surface area contributed by atoms with Crippen molar-refractivity contribution in [3.63, 3.8) is 0 Å². The molecule has 6 heteroatoms. The predicted octanol–water partition coefficient (Wildman–Crippen LogP) is 5.04. The number of allylic oxidation sites excluding steroid dienone is 2. The van der Waals surface area contributed by atoms with Crippen LogP contribution >= 0.6 is 0 Å². The first-order valence-electron chi connectivity index (χ1n) is 11.7. The Labute approximate surface area is 203 Å². The number of phenols is 5. The molecule has 4 atom stereocenters. The van der Waals surface area contributed by atoms with Crippen LogP contribution in [0.1, 0.15) is 58.9 Å². The Hall–Kier alpha value is -3.90. The summed E-state index contributed by atoms with van der Waals surface area (Å²) in [6, 6.07) is 12.7. The topological polar surface area (TPSA) is 121 Å². The molecule has 3 aromatic rings. The zero-order valence-corrected chi connectivity index (χ0v) is 19.3. The van der Waals surface area contributed by atoms with Gasteiger partial charge >= 0.3 is 0 Å². The summed E-state index contributed by atoms with van der Waals surface area (Å²) in [4.78, 5) is 0. The van der Waals surface area contributed by atoms with Crippen LogP contribution in [-0.2, 0) is 6.42 Å². The number of aliphatic hydroxyl groups is 1. The van der Waals surface area contributed by atoms with Crippen LogP contribution in [0.2, 0.25) is 0 Å². The van der Waals surface area contributed by atoms with Gasteiger partial charge in [0.2, 0.25) is 0 Å². The standard InChI is InChI=1S/C29H28O6/c1-15-22-11-20(32)14-26(35)29(22)28(17-4-8-19(31)9-5-17)27(15)24-12-21(33)13-25(34)23(24)10-16-2-6-18(30)7-3-16/h2-8,11-15,19,27-28,30-35H,9-10H2,1H3/t15-,19?,27+,28+/m1/s1. The molecular formula is C29H28O6. The highest BCUT2D eigenvalue weighted by atomic mass is 16.3. The fraction of sp³-hybridized carbons (Fsp3) is 0.241. The monoisotopic (exact) mass is 472 g/mol. The summed E-state index contributed by atoms with van der Waals surface area (Å²) in [5.41, 5.74) is 4.69. The van der Waals surface area contributed by atoms with Crippen LogP contribution in [0.3, 0.4) is 0 Å². The molecule has 0 fully saturated rings. The maximum absolute atomic E-state index is 10.9. The van der Waals surface area contributed by atoms with Crippen molar-refractivity contribution in [3.05, 3.63) is 100 Å². The lowest BCUT2D eigenvalue weighted by Gasteiger charge is -2.29. The van der Waals surface area contributed by atoms with Gasteiger partial charge in [0.15, 0.2) is 0 Å². The minimum atomic E-state index is -0.571. The smallest absolute Gasteiger partial charge is 0.123 e. The second-order valence-electron chi connectivity index (χ2n) is 9.50. The highest BCUT2D eigenvalue weighted by Crippen LogP contribution is 2.60. The third-order valence-electron chi connectivity index (χ3n) is 7.26. The second-order valence-corrected chi connectivity index (χ2v) is 9.50. The van der Waals surface area contributed by atoms with Crippen molar-refractivity contribution in [2.45, 2.75) is 43.6 Å². The summed E-state index contributed by atoms with van der Waals surface area (Å²) < 4.78 is 0. The van der Waals surface area contributed by atoms with E-state index >= 15 is 0 Å². The van der Waals surface area contributed by atoms with E-state index in [0.29, 0.717) is 24.0 Å². The Morgan fingerprint density at radius 3 is 2.11 bits per heavy atom. The van der Waals surface area contributed by atoms with Gasteiger partial charge in [-0.05, 0) is 58.9 Å². The summed E-state index contributed by atoms with van der Waals surface area (Å²) >= 11 is 0. The number of fused-ring (bicyclic) bond motifs is 1. The minimum absolute atomic E-state index is 0.00997. The molecule has 0 aromatic heterocycles. The van der Waals surface area contributed by atoms with Gasteiger partial charge in [-0.2, -0.15) is 0 Å². The zero-order chi connectivity index (χ0) is 24.9. The molecule has 35 heavy (non-hydrogen) atoms. The summed E-state index contributed by atoms with van der Waals surface area (Å²) in [5, 5.41) is 62.2. The van der Waals surface area contributed by atoms with E-state index in [1.54, 1.807) is 42.5 Å². The SMILES string of the molecule is C[C@@H]1c2cc(O)cc(O)c2[C@@H](C2=CCC(O)C=C2)[C@@H]1c1cc(O)cc(O)c1Cc1ccc(O)cc1. The molecule has 3 aromatic carbocycles. The number of rotatable bonds is 4. The first-order chi connectivity index (χ1) is 16.7. The number of hydrogen-bond donors (Lipinski definition) is 6. The lowest BCUT2D eigenvalue weighted by atomic mass is 9.74. The van der Waals surface area contributed by atoms with Crippen molar-refractivity contribution in [1.82, 2.24) is 0 Å². The number of phenolic OH excluding ortho intramolecular Hbond substituents is 5. The molecule has 0 saturated heterocycles. The average molecular weight is 473 g/mol. The van der Waals surface area contributed by atoms with Crippen LogP contribution in [0.25, 0.3) is 0 Å². The first kappa shape index (κ1) is 22.9. The van der Waals surface area contributed by atoms with Crippen molar-refractivity contribution in [1.29, 1.82) is 0 Å². The Balaban J connectivity index is 1.69. The van der Waals surface area contributed by atoms with Crippen molar-refractivity contribution in [2.24, 2.45) is 0 Å². The summed E-state index contributed by atoms with van der Waals surface area (Å²) in [6.07, 6.45) is 5.80. The molecule has 6 N–H and O–H groups in total. The highest BCUT2D eigenvalue weighted by molar-refractivity contribution is 5.62. The molecule has 0 heterocycles. The van der Waals surface area contributed by atoms with E-state index in [4.69, 9.17) is 0 Å². The van der Waals surface area contributed by atoms with Crippen LogP contribution in [0, 0.1) is 0 Å². The average Bonchev–Trinajstić information content (AvgIpc) is 3.10. The van der Waals surface area contributed by atoms with E-state index in [1.165, 1.54) is 12.1 Å². The second kappa shape index (κ2) is 8.71. The van der Waals surface area contributed by atoms with Crippen LogP contribution in [0.15, 0.2) is 72.3 Å². The molecule has 180 valence electrons. The largest absolute Gasteiger partial charge is 0.508 e. The van der Waals surface area contributed by atoms with Crippen molar-refractivity contribution >= 4 is 0 Å². The van der Waals surface area contributed by atoms with Crippen LogP contribution < -0.4 is 0 Å². The summed E-state index contributed by atoms with van der Waals surface area (Å²) in [6.45, 7) is 2.01. The maximum atomic E-state index is 10.9.